The Morgan fingerprint density at radius 1 is 1.26 bits per heavy atom. The van der Waals surface area contributed by atoms with E-state index in [9.17, 15) is 4.79 Å². The van der Waals surface area contributed by atoms with Crippen LogP contribution in [0.4, 0.5) is 0 Å². The molecular formula is C19H24N4O4. The van der Waals surface area contributed by atoms with E-state index in [1.807, 2.05) is 6.07 Å². The number of aromatic nitrogens is 3. The van der Waals surface area contributed by atoms with Gasteiger partial charge in [-0.25, -0.2) is 9.48 Å². The lowest BCUT2D eigenvalue weighted by Crippen LogP contribution is -2.41. The first kappa shape index (κ1) is 18.1. The maximum atomic E-state index is 11.6. The zero-order valence-corrected chi connectivity index (χ0v) is 15.3. The first-order valence-electron chi connectivity index (χ1n) is 9.27. The van der Waals surface area contributed by atoms with Crippen LogP contribution in [-0.4, -0.2) is 66.1 Å². The Morgan fingerprint density at radius 3 is 2.89 bits per heavy atom. The second-order valence-electron chi connectivity index (χ2n) is 6.89. The van der Waals surface area contributed by atoms with E-state index in [0.29, 0.717) is 13.2 Å². The molecule has 27 heavy (non-hydrogen) atoms. The third kappa shape index (κ3) is 3.87. The highest BCUT2D eigenvalue weighted by Crippen LogP contribution is 2.33. The molecule has 0 bridgehead atoms. The Morgan fingerprint density at radius 2 is 2.07 bits per heavy atom. The molecule has 3 heterocycles. The van der Waals surface area contributed by atoms with Crippen LogP contribution in [0.1, 0.15) is 28.5 Å². The molecule has 4 rings (SSSR count). The minimum absolute atomic E-state index is 0.0162. The molecule has 0 aliphatic carbocycles. The number of fused-ring (bicyclic) bond motifs is 1. The fourth-order valence-electron chi connectivity index (χ4n) is 3.74. The molecule has 2 saturated heterocycles. The van der Waals surface area contributed by atoms with Gasteiger partial charge in [0.2, 0.25) is 0 Å². The van der Waals surface area contributed by atoms with E-state index in [1.165, 1.54) is 12.7 Å². The van der Waals surface area contributed by atoms with Crippen LogP contribution < -0.4 is 5.32 Å². The molecule has 2 aromatic rings. The summed E-state index contributed by atoms with van der Waals surface area (Å²) < 4.78 is 18.3. The molecule has 0 radical (unpaired) electrons. The summed E-state index contributed by atoms with van der Waals surface area (Å²) in [5.41, 5.74) is 1.54. The van der Waals surface area contributed by atoms with Gasteiger partial charge in [0.15, 0.2) is 5.69 Å². The average Bonchev–Trinajstić information content (AvgIpc) is 3.42. The van der Waals surface area contributed by atoms with Crippen molar-refractivity contribution < 1.29 is 19.0 Å². The van der Waals surface area contributed by atoms with Crippen LogP contribution >= 0.6 is 0 Å². The third-order valence-corrected chi connectivity index (χ3v) is 5.16. The minimum atomic E-state index is -0.498. The zero-order valence-electron chi connectivity index (χ0n) is 15.3. The van der Waals surface area contributed by atoms with E-state index in [4.69, 9.17) is 9.47 Å². The smallest absolute Gasteiger partial charge is 0.360 e. The SMILES string of the molecule is COC(=O)c1cn([C@H]2CO[C@H]3[C@@H]2OC[C@@H]3NCCCc2ccccc2)nn1. The van der Waals surface area contributed by atoms with Crippen LogP contribution in [0.15, 0.2) is 36.5 Å². The summed E-state index contributed by atoms with van der Waals surface area (Å²) >= 11 is 0. The van der Waals surface area contributed by atoms with E-state index in [-0.39, 0.29) is 30.0 Å². The molecule has 8 heteroatoms. The third-order valence-electron chi connectivity index (χ3n) is 5.16. The summed E-state index contributed by atoms with van der Waals surface area (Å²) in [6.07, 6.45) is 3.59. The number of hydrogen-bond acceptors (Lipinski definition) is 7. The molecule has 2 fully saturated rings. The summed E-state index contributed by atoms with van der Waals surface area (Å²) in [6, 6.07) is 10.6. The molecular weight excluding hydrogens is 348 g/mol. The molecule has 1 aromatic carbocycles. The maximum absolute atomic E-state index is 11.6. The highest BCUT2D eigenvalue weighted by Gasteiger charge is 2.48. The van der Waals surface area contributed by atoms with Crippen LogP contribution in [0.25, 0.3) is 0 Å². The lowest BCUT2D eigenvalue weighted by Gasteiger charge is -2.17. The van der Waals surface area contributed by atoms with Crippen LogP contribution in [-0.2, 0) is 20.6 Å². The van der Waals surface area contributed by atoms with Crippen molar-refractivity contribution in [2.75, 3.05) is 26.9 Å². The number of benzene rings is 1. The predicted octanol–water partition coefficient (Wildman–Crippen LogP) is 0.994. The topological polar surface area (TPSA) is 87.5 Å². The van der Waals surface area contributed by atoms with Gasteiger partial charge < -0.3 is 19.5 Å². The lowest BCUT2D eigenvalue weighted by atomic mass is 10.1. The van der Waals surface area contributed by atoms with Crippen molar-refractivity contribution in [1.82, 2.24) is 20.3 Å². The highest BCUT2D eigenvalue weighted by molar-refractivity contribution is 5.86. The van der Waals surface area contributed by atoms with Gasteiger partial charge in [0.25, 0.3) is 0 Å². The van der Waals surface area contributed by atoms with Gasteiger partial charge in [-0.05, 0) is 24.9 Å². The van der Waals surface area contributed by atoms with Gasteiger partial charge in [-0.1, -0.05) is 35.5 Å². The summed E-state index contributed by atoms with van der Waals surface area (Å²) in [5.74, 6) is -0.498. The quantitative estimate of drug-likeness (QED) is 0.573. The fraction of sp³-hybridized carbons (Fsp3) is 0.526. The lowest BCUT2D eigenvalue weighted by molar-refractivity contribution is 0.0592. The van der Waals surface area contributed by atoms with Crippen molar-refractivity contribution in [3.8, 4) is 0 Å². The summed E-state index contributed by atoms with van der Waals surface area (Å²) in [5, 5.41) is 11.5. The zero-order chi connectivity index (χ0) is 18.6. The molecule has 1 N–H and O–H groups in total. The van der Waals surface area contributed by atoms with Crippen LogP contribution in [0.5, 0.6) is 0 Å². The molecule has 0 saturated carbocycles. The number of carbonyl (C=O) groups is 1. The van der Waals surface area contributed by atoms with Gasteiger partial charge in [-0.3, -0.25) is 0 Å². The largest absolute Gasteiger partial charge is 0.464 e. The molecule has 0 spiro atoms. The van der Waals surface area contributed by atoms with Gasteiger partial charge in [0.05, 0.1) is 32.6 Å². The number of aryl methyl sites for hydroxylation is 1. The van der Waals surface area contributed by atoms with Crippen molar-refractivity contribution in [2.45, 2.75) is 37.1 Å². The summed E-state index contributed by atoms with van der Waals surface area (Å²) in [6.45, 7) is 2.01. The Bertz CT molecular complexity index is 766. The van der Waals surface area contributed by atoms with Gasteiger partial charge in [0, 0.05) is 0 Å². The number of nitrogens with one attached hydrogen (secondary N) is 1. The molecule has 2 aliphatic heterocycles. The number of methoxy groups -OCH3 is 1. The van der Waals surface area contributed by atoms with Crippen molar-refractivity contribution in [3.63, 3.8) is 0 Å². The number of esters is 1. The van der Waals surface area contributed by atoms with Crippen LogP contribution in [0.2, 0.25) is 0 Å². The standard InChI is InChI=1S/C19H24N4O4/c1-25-19(24)14-10-23(22-21-14)16-12-27-17-15(11-26-18(16)17)20-9-5-8-13-6-3-2-4-7-13/h2-4,6-7,10,15-18,20H,5,8-9,11-12H2,1H3/t15-,16-,17+,18+/m0/s1. The molecule has 0 amide bonds. The van der Waals surface area contributed by atoms with E-state index in [2.05, 4.69) is 44.6 Å². The molecule has 144 valence electrons. The van der Waals surface area contributed by atoms with Crippen molar-refractivity contribution in [3.05, 3.63) is 47.8 Å². The Balaban J connectivity index is 1.28. The Labute approximate surface area is 157 Å². The fourth-order valence-corrected chi connectivity index (χ4v) is 3.74. The first-order valence-corrected chi connectivity index (χ1v) is 9.27. The molecule has 2 aliphatic rings. The van der Waals surface area contributed by atoms with E-state index >= 15 is 0 Å². The van der Waals surface area contributed by atoms with E-state index < -0.39 is 5.97 Å². The first-order chi connectivity index (χ1) is 13.3. The van der Waals surface area contributed by atoms with Crippen molar-refractivity contribution in [2.24, 2.45) is 0 Å². The molecule has 8 nitrogen and oxygen atoms in total. The normalized spacial score (nSPS) is 26.9. The van der Waals surface area contributed by atoms with Crippen LogP contribution in [0, 0.1) is 0 Å². The number of ether oxygens (including phenoxy) is 3. The molecule has 4 atom stereocenters. The summed E-state index contributed by atoms with van der Waals surface area (Å²) in [7, 11) is 1.32. The van der Waals surface area contributed by atoms with Crippen molar-refractivity contribution in [1.29, 1.82) is 0 Å². The second-order valence-corrected chi connectivity index (χ2v) is 6.89. The minimum Gasteiger partial charge on any atom is -0.464 e. The number of rotatable bonds is 7. The Kier molecular flexibility index (Phi) is 5.47. The van der Waals surface area contributed by atoms with Gasteiger partial charge in [-0.2, -0.15) is 0 Å². The molecule has 1 aromatic heterocycles. The van der Waals surface area contributed by atoms with E-state index in [0.717, 1.165) is 19.4 Å². The monoisotopic (exact) mass is 372 g/mol. The highest BCUT2D eigenvalue weighted by atomic mass is 16.6. The second kappa shape index (κ2) is 8.16. The van der Waals surface area contributed by atoms with Gasteiger partial charge in [-0.15, -0.1) is 5.10 Å². The Hall–Kier alpha value is -2.29. The van der Waals surface area contributed by atoms with E-state index in [1.54, 1.807) is 10.9 Å². The summed E-state index contributed by atoms with van der Waals surface area (Å²) in [4.78, 5) is 11.6. The number of hydrogen-bond donors (Lipinski definition) is 1. The van der Waals surface area contributed by atoms with Crippen molar-refractivity contribution >= 4 is 5.97 Å². The predicted molar refractivity (Wildman–Crippen MR) is 96.4 cm³/mol. The number of carbonyl (C=O) groups excluding carboxylic acids is 1. The average molecular weight is 372 g/mol. The maximum Gasteiger partial charge on any atom is 0.360 e. The van der Waals surface area contributed by atoms with Crippen LogP contribution in [0.3, 0.4) is 0 Å². The van der Waals surface area contributed by atoms with Gasteiger partial charge in [0.1, 0.15) is 18.2 Å². The van der Waals surface area contributed by atoms with Gasteiger partial charge >= 0.3 is 5.97 Å². The number of nitrogens with zero attached hydrogens (tertiary/aromatic N) is 3. The molecule has 0 unspecified atom stereocenters.